The Labute approximate surface area is 164 Å². The minimum absolute atomic E-state index is 0.127. The zero-order valence-corrected chi connectivity index (χ0v) is 17.0. The third kappa shape index (κ3) is 3.55. The third-order valence-corrected chi connectivity index (χ3v) is 7.01. The Morgan fingerprint density at radius 1 is 1.30 bits per heavy atom. The molecule has 0 saturated heterocycles. The van der Waals surface area contributed by atoms with Crippen LogP contribution in [0.25, 0.3) is 20.8 Å². The van der Waals surface area contributed by atoms with Gasteiger partial charge in [0.1, 0.15) is 16.3 Å². The van der Waals surface area contributed by atoms with E-state index in [1.807, 2.05) is 42.6 Å². The van der Waals surface area contributed by atoms with Crippen molar-refractivity contribution in [2.75, 3.05) is 11.3 Å². The smallest absolute Gasteiger partial charge is 0.267 e. The molecule has 0 aliphatic carbocycles. The van der Waals surface area contributed by atoms with Crippen molar-refractivity contribution in [3.05, 3.63) is 41.9 Å². The Kier molecular flexibility index (Phi) is 4.62. The molecular formula is C17H16N4O3S3. The second-order valence-electron chi connectivity index (χ2n) is 5.68. The van der Waals surface area contributed by atoms with Crippen molar-refractivity contribution in [3.63, 3.8) is 0 Å². The second-order valence-corrected chi connectivity index (χ2v) is 9.31. The summed E-state index contributed by atoms with van der Waals surface area (Å²) in [6.45, 7) is 2.48. The van der Waals surface area contributed by atoms with Gasteiger partial charge in [-0.25, -0.2) is 13.4 Å². The first-order valence-electron chi connectivity index (χ1n) is 8.10. The topological polar surface area (TPSA) is 86.1 Å². The van der Waals surface area contributed by atoms with E-state index in [-0.39, 0.29) is 4.90 Å². The van der Waals surface area contributed by atoms with E-state index in [1.54, 1.807) is 7.05 Å². The van der Waals surface area contributed by atoms with Crippen molar-refractivity contribution in [2.24, 2.45) is 7.05 Å². The van der Waals surface area contributed by atoms with E-state index in [4.69, 9.17) is 4.74 Å². The van der Waals surface area contributed by atoms with Crippen LogP contribution in [0.2, 0.25) is 0 Å². The van der Waals surface area contributed by atoms with Crippen LogP contribution >= 0.6 is 22.7 Å². The molecule has 0 bridgehead atoms. The maximum atomic E-state index is 13.0. The van der Waals surface area contributed by atoms with Crippen LogP contribution < -0.4 is 9.46 Å². The van der Waals surface area contributed by atoms with Crippen molar-refractivity contribution in [2.45, 2.75) is 11.8 Å². The molecule has 3 heterocycles. The monoisotopic (exact) mass is 420 g/mol. The van der Waals surface area contributed by atoms with E-state index < -0.39 is 10.0 Å². The SMILES string of the molecule is CCOc1ccc2nc(NS(=O)(=O)c3cn(C)nc3-c3cccs3)sc2c1. The number of thiazole rings is 1. The molecule has 140 valence electrons. The highest BCUT2D eigenvalue weighted by Gasteiger charge is 2.25. The second kappa shape index (κ2) is 6.95. The molecule has 0 aliphatic heterocycles. The van der Waals surface area contributed by atoms with Gasteiger partial charge in [0.25, 0.3) is 10.0 Å². The number of benzene rings is 1. The molecule has 0 radical (unpaired) electrons. The molecule has 4 aromatic rings. The normalized spacial score (nSPS) is 11.8. The molecule has 27 heavy (non-hydrogen) atoms. The van der Waals surface area contributed by atoms with Crippen LogP contribution in [0.3, 0.4) is 0 Å². The van der Waals surface area contributed by atoms with Crippen molar-refractivity contribution in [3.8, 4) is 16.3 Å². The summed E-state index contributed by atoms with van der Waals surface area (Å²) >= 11 is 2.70. The molecule has 1 N–H and O–H groups in total. The minimum Gasteiger partial charge on any atom is -0.494 e. The van der Waals surface area contributed by atoms with Gasteiger partial charge in [-0.15, -0.1) is 11.3 Å². The van der Waals surface area contributed by atoms with Gasteiger partial charge in [-0.3, -0.25) is 9.40 Å². The quantitative estimate of drug-likeness (QED) is 0.510. The number of rotatable bonds is 6. The van der Waals surface area contributed by atoms with Crippen LogP contribution in [-0.2, 0) is 17.1 Å². The number of hydrogen-bond donors (Lipinski definition) is 1. The predicted octanol–water partition coefficient (Wildman–Crippen LogP) is 3.96. The zero-order chi connectivity index (χ0) is 19.0. The van der Waals surface area contributed by atoms with Gasteiger partial charge >= 0.3 is 0 Å². The molecule has 0 amide bonds. The number of anilines is 1. The van der Waals surface area contributed by atoms with Crippen molar-refractivity contribution in [1.82, 2.24) is 14.8 Å². The number of hydrogen-bond acceptors (Lipinski definition) is 7. The van der Waals surface area contributed by atoms with Crippen molar-refractivity contribution in [1.29, 1.82) is 0 Å². The van der Waals surface area contributed by atoms with Gasteiger partial charge in [-0.05, 0) is 36.6 Å². The molecule has 4 rings (SSSR count). The van der Waals surface area contributed by atoms with Gasteiger partial charge in [0.2, 0.25) is 0 Å². The highest BCUT2D eigenvalue weighted by Crippen LogP contribution is 2.33. The Hall–Kier alpha value is -2.43. The summed E-state index contributed by atoms with van der Waals surface area (Å²) in [6.07, 6.45) is 1.50. The Balaban J connectivity index is 1.69. The fraction of sp³-hybridized carbons (Fsp3) is 0.176. The van der Waals surface area contributed by atoms with Crippen molar-refractivity contribution < 1.29 is 13.2 Å². The summed E-state index contributed by atoms with van der Waals surface area (Å²) in [4.78, 5) is 5.29. The van der Waals surface area contributed by atoms with Crippen LogP contribution in [0.1, 0.15) is 6.92 Å². The first kappa shape index (κ1) is 18.0. The molecular weight excluding hydrogens is 404 g/mol. The molecule has 0 unspecified atom stereocenters. The highest BCUT2D eigenvalue weighted by atomic mass is 32.2. The van der Waals surface area contributed by atoms with Crippen LogP contribution in [-0.4, -0.2) is 29.8 Å². The van der Waals surface area contributed by atoms with Gasteiger partial charge in [-0.1, -0.05) is 17.4 Å². The lowest BCUT2D eigenvalue weighted by Gasteiger charge is -2.04. The van der Waals surface area contributed by atoms with Gasteiger partial charge in [-0.2, -0.15) is 5.10 Å². The molecule has 0 atom stereocenters. The average Bonchev–Trinajstić information content (AvgIpc) is 3.32. The Morgan fingerprint density at radius 2 is 2.15 bits per heavy atom. The summed E-state index contributed by atoms with van der Waals surface area (Å²) in [5.74, 6) is 0.732. The maximum Gasteiger partial charge on any atom is 0.267 e. The zero-order valence-electron chi connectivity index (χ0n) is 14.5. The standard InChI is InChI=1S/C17H16N4O3S3/c1-3-24-11-6-7-12-14(9-11)26-17(18-12)20-27(22,23)15-10-21(2)19-16(15)13-5-4-8-25-13/h4-10H,3H2,1-2H3,(H,18,20). The lowest BCUT2D eigenvalue weighted by molar-refractivity contribution is 0.341. The molecule has 0 spiro atoms. The number of nitrogens with one attached hydrogen (secondary N) is 1. The lowest BCUT2D eigenvalue weighted by atomic mass is 10.3. The van der Waals surface area contributed by atoms with Gasteiger partial charge in [0.05, 0.1) is 21.7 Å². The summed E-state index contributed by atoms with van der Waals surface area (Å²) in [6, 6.07) is 9.20. The lowest BCUT2D eigenvalue weighted by Crippen LogP contribution is -2.13. The fourth-order valence-electron chi connectivity index (χ4n) is 2.62. The van der Waals surface area contributed by atoms with Gasteiger partial charge < -0.3 is 4.74 Å². The number of sulfonamides is 1. The summed E-state index contributed by atoms with van der Waals surface area (Å²) < 4.78 is 36.3. The van der Waals surface area contributed by atoms with E-state index in [1.165, 1.54) is 33.6 Å². The van der Waals surface area contributed by atoms with E-state index in [0.717, 1.165) is 15.3 Å². The van der Waals surface area contributed by atoms with Crippen LogP contribution in [0.15, 0.2) is 46.8 Å². The molecule has 7 nitrogen and oxygen atoms in total. The number of ether oxygens (including phenoxy) is 1. The maximum absolute atomic E-state index is 13.0. The molecule has 0 fully saturated rings. The number of nitrogens with zero attached hydrogens (tertiary/aromatic N) is 3. The van der Waals surface area contributed by atoms with E-state index in [9.17, 15) is 8.42 Å². The average molecular weight is 421 g/mol. The Morgan fingerprint density at radius 3 is 2.89 bits per heavy atom. The number of thiophene rings is 1. The van der Waals surface area contributed by atoms with Crippen molar-refractivity contribution >= 4 is 48.0 Å². The first-order valence-corrected chi connectivity index (χ1v) is 11.3. The van der Waals surface area contributed by atoms with Gasteiger partial charge in [0.15, 0.2) is 5.13 Å². The largest absolute Gasteiger partial charge is 0.494 e. The summed E-state index contributed by atoms with van der Waals surface area (Å²) in [5.41, 5.74) is 1.14. The van der Waals surface area contributed by atoms with Crippen LogP contribution in [0, 0.1) is 0 Å². The molecule has 1 aromatic carbocycles. The van der Waals surface area contributed by atoms with Crippen LogP contribution in [0.4, 0.5) is 5.13 Å². The van der Waals surface area contributed by atoms with E-state index >= 15 is 0 Å². The third-order valence-electron chi connectivity index (χ3n) is 3.73. The first-order chi connectivity index (χ1) is 13.0. The molecule has 3 aromatic heterocycles. The minimum atomic E-state index is -3.83. The van der Waals surface area contributed by atoms with Gasteiger partial charge in [0, 0.05) is 13.2 Å². The number of fused-ring (bicyclic) bond motifs is 1. The molecule has 10 heteroatoms. The predicted molar refractivity (Wildman–Crippen MR) is 108 cm³/mol. The number of aryl methyl sites for hydroxylation is 1. The fourth-order valence-corrected chi connectivity index (χ4v) is 5.73. The van der Waals surface area contributed by atoms with E-state index in [0.29, 0.717) is 22.9 Å². The summed E-state index contributed by atoms with van der Waals surface area (Å²) in [7, 11) is -2.13. The Bertz CT molecular complexity index is 1190. The highest BCUT2D eigenvalue weighted by molar-refractivity contribution is 7.93. The van der Waals surface area contributed by atoms with E-state index in [2.05, 4.69) is 14.8 Å². The number of aromatic nitrogens is 3. The summed E-state index contributed by atoms with van der Waals surface area (Å²) in [5, 5.41) is 6.50. The molecule has 0 saturated carbocycles. The molecule has 0 aliphatic rings. The van der Waals surface area contributed by atoms with Crippen LogP contribution in [0.5, 0.6) is 5.75 Å².